The van der Waals surface area contributed by atoms with Gasteiger partial charge < -0.3 is 4.74 Å². The normalized spacial score (nSPS) is 21.5. The second kappa shape index (κ2) is 7.50. The standard InChI is InChI=1S/C19H25N3O3S/c23-26(24,20-13-17-11-6-12-25-17)18-14-22(16-9-4-5-10-16)21-19(18)15-7-2-1-3-8-15/h1-3,7-8,14,16-17,20H,4-6,9-13H2. The monoisotopic (exact) mass is 375 g/mol. The van der Waals surface area contributed by atoms with Crippen molar-refractivity contribution in [3.63, 3.8) is 0 Å². The smallest absolute Gasteiger partial charge is 0.244 e. The first-order chi connectivity index (χ1) is 12.6. The maximum Gasteiger partial charge on any atom is 0.244 e. The maximum atomic E-state index is 13.0. The zero-order chi connectivity index (χ0) is 18.0. The van der Waals surface area contributed by atoms with Gasteiger partial charge in [-0.3, -0.25) is 4.68 Å². The van der Waals surface area contributed by atoms with Crippen LogP contribution in [-0.2, 0) is 14.8 Å². The molecular formula is C19H25N3O3S. The van der Waals surface area contributed by atoms with Gasteiger partial charge in [-0.25, -0.2) is 13.1 Å². The van der Waals surface area contributed by atoms with E-state index in [4.69, 9.17) is 4.74 Å². The van der Waals surface area contributed by atoms with Crippen LogP contribution in [0.3, 0.4) is 0 Å². The summed E-state index contributed by atoms with van der Waals surface area (Å²) in [4.78, 5) is 0.258. The van der Waals surface area contributed by atoms with Crippen molar-refractivity contribution in [2.24, 2.45) is 0 Å². The van der Waals surface area contributed by atoms with Gasteiger partial charge in [-0.2, -0.15) is 5.10 Å². The van der Waals surface area contributed by atoms with Gasteiger partial charge >= 0.3 is 0 Å². The molecule has 1 saturated heterocycles. The Labute approximate surface area is 154 Å². The van der Waals surface area contributed by atoms with Crippen LogP contribution >= 0.6 is 0 Å². The average molecular weight is 375 g/mol. The van der Waals surface area contributed by atoms with E-state index >= 15 is 0 Å². The fourth-order valence-corrected chi connectivity index (χ4v) is 5.03. The summed E-state index contributed by atoms with van der Waals surface area (Å²) in [6.45, 7) is 1.02. The van der Waals surface area contributed by atoms with Gasteiger partial charge in [0, 0.05) is 24.9 Å². The number of nitrogens with zero attached hydrogens (tertiary/aromatic N) is 2. The summed E-state index contributed by atoms with van der Waals surface area (Å²) in [6.07, 6.45) is 8.01. The van der Waals surface area contributed by atoms with Crippen molar-refractivity contribution < 1.29 is 13.2 Å². The predicted octanol–water partition coefficient (Wildman–Crippen LogP) is 3.12. The van der Waals surface area contributed by atoms with E-state index in [9.17, 15) is 8.42 Å². The SMILES string of the molecule is O=S(=O)(NCC1CCCO1)c1cn(C2CCCC2)nc1-c1ccccc1. The molecule has 1 aliphatic heterocycles. The first-order valence-corrected chi connectivity index (χ1v) is 10.9. The summed E-state index contributed by atoms with van der Waals surface area (Å²) in [5.74, 6) is 0. The van der Waals surface area contributed by atoms with E-state index in [0.29, 0.717) is 24.9 Å². The molecule has 1 N–H and O–H groups in total. The lowest BCUT2D eigenvalue weighted by atomic mass is 10.2. The van der Waals surface area contributed by atoms with Crippen molar-refractivity contribution in [1.29, 1.82) is 0 Å². The Balaban J connectivity index is 1.66. The minimum Gasteiger partial charge on any atom is -0.377 e. The second-order valence-corrected chi connectivity index (χ2v) is 8.85. The fraction of sp³-hybridized carbons (Fsp3) is 0.526. The van der Waals surface area contributed by atoms with Crippen molar-refractivity contribution in [2.75, 3.05) is 13.2 Å². The van der Waals surface area contributed by atoms with Gasteiger partial charge in [0.25, 0.3) is 0 Å². The number of sulfonamides is 1. The summed E-state index contributed by atoms with van der Waals surface area (Å²) >= 11 is 0. The van der Waals surface area contributed by atoms with E-state index in [1.807, 2.05) is 35.0 Å². The number of ether oxygens (including phenoxy) is 1. The number of rotatable bonds is 6. The highest BCUT2D eigenvalue weighted by Crippen LogP contribution is 2.33. The highest BCUT2D eigenvalue weighted by Gasteiger charge is 2.28. The molecule has 26 heavy (non-hydrogen) atoms. The second-order valence-electron chi connectivity index (χ2n) is 7.11. The van der Waals surface area contributed by atoms with Crippen molar-refractivity contribution in [3.05, 3.63) is 36.5 Å². The minimum absolute atomic E-state index is 0.0326. The Morgan fingerprint density at radius 1 is 1.12 bits per heavy atom. The average Bonchev–Trinajstić information content (AvgIpc) is 3.42. The van der Waals surface area contributed by atoms with Crippen LogP contribution in [0.5, 0.6) is 0 Å². The molecule has 2 heterocycles. The van der Waals surface area contributed by atoms with E-state index in [0.717, 1.165) is 31.2 Å². The molecule has 2 aliphatic rings. The van der Waals surface area contributed by atoms with Crippen molar-refractivity contribution >= 4 is 10.0 Å². The molecule has 2 aromatic rings. The number of hydrogen-bond acceptors (Lipinski definition) is 4. The molecule has 2 fully saturated rings. The van der Waals surface area contributed by atoms with Crippen LogP contribution in [0, 0.1) is 0 Å². The molecule has 1 saturated carbocycles. The maximum absolute atomic E-state index is 13.0. The van der Waals surface area contributed by atoms with Gasteiger partial charge in [-0.1, -0.05) is 43.2 Å². The quantitative estimate of drug-likeness (QED) is 0.842. The molecule has 0 spiro atoms. The third-order valence-corrected chi connectivity index (χ3v) is 6.68. The van der Waals surface area contributed by atoms with E-state index in [2.05, 4.69) is 9.82 Å². The number of benzene rings is 1. The molecule has 4 rings (SSSR count). The van der Waals surface area contributed by atoms with E-state index in [1.165, 1.54) is 12.8 Å². The Kier molecular flexibility index (Phi) is 5.11. The summed E-state index contributed by atoms with van der Waals surface area (Å²) in [5, 5.41) is 4.67. The Morgan fingerprint density at radius 3 is 2.58 bits per heavy atom. The van der Waals surface area contributed by atoms with Gasteiger partial charge in [-0.05, 0) is 25.7 Å². The lowest BCUT2D eigenvalue weighted by Crippen LogP contribution is -2.32. The summed E-state index contributed by atoms with van der Waals surface area (Å²) in [7, 11) is -3.65. The summed E-state index contributed by atoms with van der Waals surface area (Å²) in [6, 6.07) is 9.82. The minimum atomic E-state index is -3.65. The highest BCUT2D eigenvalue weighted by atomic mass is 32.2. The Hall–Kier alpha value is -1.70. The highest BCUT2D eigenvalue weighted by molar-refractivity contribution is 7.89. The van der Waals surface area contributed by atoms with E-state index < -0.39 is 10.0 Å². The molecule has 1 unspecified atom stereocenters. The van der Waals surface area contributed by atoms with Crippen LogP contribution < -0.4 is 4.72 Å². The Morgan fingerprint density at radius 2 is 1.88 bits per heavy atom. The van der Waals surface area contributed by atoms with Crippen LogP contribution in [0.15, 0.2) is 41.4 Å². The largest absolute Gasteiger partial charge is 0.377 e. The number of hydrogen-bond donors (Lipinski definition) is 1. The molecule has 140 valence electrons. The predicted molar refractivity (Wildman–Crippen MR) is 99.3 cm³/mol. The molecule has 0 amide bonds. The summed E-state index contributed by atoms with van der Waals surface area (Å²) in [5.41, 5.74) is 1.35. The van der Waals surface area contributed by atoms with Crippen molar-refractivity contribution in [3.8, 4) is 11.3 Å². The van der Waals surface area contributed by atoms with Crippen molar-refractivity contribution in [2.45, 2.75) is 55.6 Å². The molecule has 0 bridgehead atoms. The molecule has 7 heteroatoms. The number of aromatic nitrogens is 2. The van der Waals surface area contributed by atoms with Gasteiger partial charge in [0.05, 0.1) is 12.1 Å². The molecule has 6 nitrogen and oxygen atoms in total. The molecular weight excluding hydrogens is 350 g/mol. The molecule has 1 aliphatic carbocycles. The van der Waals surface area contributed by atoms with Crippen molar-refractivity contribution in [1.82, 2.24) is 14.5 Å². The third-order valence-electron chi connectivity index (χ3n) is 5.26. The van der Waals surface area contributed by atoms with Gasteiger partial charge in [0.1, 0.15) is 10.6 Å². The van der Waals surface area contributed by atoms with Gasteiger partial charge in [0.15, 0.2) is 0 Å². The first-order valence-electron chi connectivity index (χ1n) is 9.39. The fourth-order valence-electron chi connectivity index (χ4n) is 3.81. The van der Waals surface area contributed by atoms with Gasteiger partial charge in [-0.15, -0.1) is 0 Å². The lowest BCUT2D eigenvalue weighted by molar-refractivity contribution is 0.114. The van der Waals surface area contributed by atoms with E-state index in [-0.39, 0.29) is 11.0 Å². The van der Waals surface area contributed by atoms with Crippen LogP contribution in [0.1, 0.15) is 44.6 Å². The zero-order valence-electron chi connectivity index (χ0n) is 14.8. The van der Waals surface area contributed by atoms with Crippen LogP contribution in [-0.4, -0.2) is 37.5 Å². The summed E-state index contributed by atoms with van der Waals surface area (Å²) < 4.78 is 36.1. The molecule has 1 aromatic heterocycles. The number of nitrogens with one attached hydrogen (secondary N) is 1. The molecule has 0 radical (unpaired) electrons. The molecule has 1 aromatic carbocycles. The Bertz CT molecular complexity index is 836. The molecule has 1 atom stereocenters. The van der Waals surface area contributed by atoms with Crippen LogP contribution in [0.2, 0.25) is 0 Å². The zero-order valence-corrected chi connectivity index (χ0v) is 15.6. The first kappa shape index (κ1) is 17.7. The third kappa shape index (κ3) is 3.70. The lowest BCUT2D eigenvalue weighted by Gasteiger charge is -2.11. The van der Waals surface area contributed by atoms with Crippen LogP contribution in [0.4, 0.5) is 0 Å². The van der Waals surface area contributed by atoms with Crippen LogP contribution in [0.25, 0.3) is 11.3 Å². The van der Waals surface area contributed by atoms with Gasteiger partial charge in [0.2, 0.25) is 10.0 Å². The topological polar surface area (TPSA) is 73.2 Å². The van der Waals surface area contributed by atoms with E-state index in [1.54, 1.807) is 6.20 Å².